The van der Waals surface area contributed by atoms with E-state index in [4.69, 9.17) is 5.73 Å². The quantitative estimate of drug-likeness (QED) is 0.849. The van der Waals surface area contributed by atoms with Crippen LogP contribution in [-0.2, 0) is 13.0 Å². The Morgan fingerprint density at radius 1 is 1.19 bits per heavy atom. The fourth-order valence-electron chi connectivity index (χ4n) is 1.80. The first-order valence-corrected chi connectivity index (χ1v) is 5.90. The normalized spacial score (nSPS) is 11.4. The van der Waals surface area contributed by atoms with Crippen molar-refractivity contribution in [3.8, 4) is 0 Å². The molecule has 0 aliphatic carbocycles. The summed E-state index contributed by atoms with van der Waals surface area (Å²) in [5.41, 5.74) is 7.04. The molecule has 0 aromatic carbocycles. The van der Waals surface area contributed by atoms with E-state index in [0.29, 0.717) is 17.5 Å². The van der Waals surface area contributed by atoms with Crippen LogP contribution in [0.25, 0.3) is 0 Å². The number of nitrogens with two attached hydrogens (primary N) is 1. The predicted molar refractivity (Wildman–Crippen MR) is 68.5 cm³/mol. The lowest BCUT2D eigenvalue weighted by atomic mass is 10.1. The molecule has 0 radical (unpaired) electrons. The fraction of sp³-hybridized carbons (Fsp3) is 0.615. The average molecular weight is 222 g/mol. The molecule has 1 aromatic rings. The molecule has 1 heterocycles. The largest absolute Gasteiger partial charge is 0.394 e. The summed E-state index contributed by atoms with van der Waals surface area (Å²) in [4.78, 5) is 11.9. The number of rotatable bonds is 4. The lowest BCUT2D eigenvalue weighted by Crippen LogP contribution is -2.28. The standard InChI is InChI=1S/C13H22N2O/c1-9(2)7-11-5-6-12(14)13(16)15(11)8-10(3)4/h5-6,9-10H,7-8,14H2,1-4H3. The lowest BCUT2D eigenvalue weighted by molar-refractivity contribution is 0.482. The molecule has 0 spiro atoms. The molecule has 0 bridgehead atoms. The molecule has 0 aliphatic rings. The maximum atomic E-state index is 11.9. The van der Waals surface area contributed by atoms with Crippen LogP contribution in [0.5, 0.6) is 0 Å². The molecule has 3 heteroatoms. The van der Waals surface area contributed by atoms with E-state index in [0.717, 1.165) is 18.7 Å². The second-order valence-electron chi connectivity index (χ2n) is 5.19. The highest BCUT2D eigenvalue weighted by atomic mass is 16.1. The van der Waals surface area contributed by atoms with Gasteiger partial charge in [0.2, 0.25) is 0 Å². The van der Waals surface area contributed by atoms with Crippen molar-refractivity contribution < 1.29 is 0 Å². The Morgan fingerprint density at radius 2 is 1.81 bits per heavy atom. The van der Waals surface area contributed by atoms with Crippen molar-refractivity contribution in [2.45, 2.75) is 40.7 Å². The van der Waals surface area contributed by atoms with Crippen LogP contribution in [0.4, 0.5) is 5.69 Å². The van der Waals surface area contributed by atoms with Gasteiger partial charge in [0.1, 0.15) is 0 Å². The predicted octanol–water partition coefficient (Wildman–Crippen LogP) is 2.29. The van der Waals surface area contributed by atoms with E-state index < -0.39 is 0 Å². The third-order valence-electron chi connectivity index (χ3n) is 2.46. The van der Waals surface area contributed by atoms with Crippen molar-refractivity contribution in [1.29, 1.82) is 0 Å². The monoisotopic (exact) mass is 222 g/mol. The van der Waals surface area contributed by atoms with Crippen LogP contribution >= 0.6 is 0 Å². The molecule has 1 aromatic heterocycles. The Hall–Kier alpha value is -1.25. The first-order valence-electron chi connectivity index (χ1n) is 5.90. The van der Waals surface area contributed by atoms with Crippen LogP contribution in [0.2, 0.25) is 0 Å². The van der Waals surface area contributed by atoms with Gasteiger partial charge in [0, 0.05) is 12.2 Å². The number of anilines is 1. The molecule has 90 valence electrons. The Balaban J connectivity index is 3.16. The van der Waals surface area contributed by atoms with Gasteiger partial charge < -0.3 is 10.3 Å². The van der Waals surface area contributed by atoms with Crippen molar-refractivity contribution in [3.05, 3.63) is 28.2 Å². The van der Waals surface area contributed by atoms with E-state index in [-0.39, 0.29) is 5.56 Å². The van der Waals surface area contributed by atoms with Gasteiger partial charge in [-0.2, -0.15) is 0 Å². The van der Waals surface area contributed by atoms with Gasteiger partial charge in [-0.15, -0.1) is 0 Å². The van der Waals surface area contributed by atoms with E-state index in [1.165, 1.54) is 0 Å². The van der Waals surface area contributed by atoms with E-state index in [9.17, 15) is 4.79 Å². The molecule has 0 amide bonds. The molecule has 16 heavy (non-hydrogen) atoms. The summed E-state index contributed by atoms with van der Waals surface area (Å²) in [6.45, 7) is 9.26. The minimum atomic E-state index is -0.0492. The lowest BCUT2D eigenvalue weighted by Gasteiger charge is -2.16. The van der Waals surface area contributed by atoms with E-state index in [2.05, 4.69) is 27.7 Å². The first-order chi connectivity index (χ1) is 7.41. The number of pyridine rings is 1. The molecule has 0 saturated carbocycles. The summed E-state index contributed by atoms with van der Waals surface area (Å²) in [6.07, 6.45) is 0.919. The SMILES string of the molecule is CC(C)Cc1ccc(N)c(=O)n1CC(C)C. The van der Waals surface area contributed by atoms with Gasteiger partial charge >= 0.3 is 0 Å². The zero-order chi connectivity index (χ0) is 12.3. The Kier molecular flexibility index (Phi) is 4.16. The van der Waals surface area contributed by atoms with Gasteiger partial charge in [-0.25, -0.2) is 0 Å². The maximum Gasteiger partial charge on any atom is 0.273 e. The highest BCUT2D eigenvalue weighted by Gasteiger charge is 2.09. The molecule has 3 nitrogen and oxygen atoms in total. The Morgan fingerprint density at radius 3 is 2.31 bits per heavy atom. The second kappa shape index (κ2) is 5.19. The third-order valence-corrected chi connectivity index (χ3v) is 2.46. The second-order valence-corrected chi connectivity index (χ2v) is 5.19. The highest BCUT2D eigenvalue weighted by molar-refractivity contribution is 5.35. The van der Waals surface area contributed by atoms with Crippen molar-refractivity contribution in [3.63, 3.8) is 0 Å². The van der Waals surface area contributed by atoms with Crippen LogP contribution in [0.15, 0.2) is 16.9 Å². The van der Waals surface area contributed by atoms with E-state index in [1.807, 2.05) is 10.6 Å². The zero-order valence-corrected chi connectivity index (χ0v) is 10.7. The smallest absolute Gasteiger partial charge is 0.273 e. The number of hydrogen-bond donors (Lipinski definition) is 1. The summed E-state index contributed by atoms with van der Waals surface area (Å²) in [6, 6.07) is 3.69. The van der Waals surface area contributed by atoms with Gasteiger partial charge in [-0.05, 0) is 30.4 Å². The average Bonchev–Trinajstić information content (AvgIpc) is 2.16. The number of nitrogens with zero attached hydrogens (tertiary/aromatic N) is 1. The molecule has 1 rings (SSSR count). The Bertz CT molecular complexity index is 405. The number of nitrogen functional groups attached to an aromatic ring is 1. The first kappa shape index (κ1) is 12.8. The molecule has 0 aliphatic heterocycles. The van der Waals surface area contributed by atoms with Crippen molar-refractivity contribution in [2.24, 2.45) is 11.8 Å². The number of aromatic nitrogens is 1. The van der Waals surface area contributed by atoms with Gasteiger partial charge in [0.15, 0.2) is 0 Å². The molecule has 0 atom stereocenters. The fourth-order valence-corrected chi connectivity index (χ4v) is 1.80. The third kappa shape index (κ3) is 3.12. The zero-order valence-electron chi connectivity index (χ0n) is 10.7. The van der Waals surface area contributed by atoms with Gasteiger partial charge in [-0.3, -0.25) is 4.79 Å². The van der Waals surface area contributed by atoms with Crippen LogP contribution in [-0.4, -0.2) is 4.57 Å². The molecule has 2 N–H and O–H groups in total. The summed E-state index contributed by atoms with van der Waals surface area (Å²) >= 11 is 0. The summed E-state index contributed by atoms with van der Waals surface area (Å²) in [5.74, 6) is 0.992. The van der Waals surface area contributed by atoms with Crippen molar-refractivity contribution in [2.75, 3.05) is 5.73 Å². The minimum absolute atomic E-state index is 0.0492. The summed E-state index contributed by atoms with van der Waals surface area (Å²) in [5, 5.41) is 0. The Labute approximate surface area is 97.3 Å². The van der Waals surface area contributed by atoms with Crippen LogP contribution in [0, 0.1) is 11.8 Å². The number of hydrogen-bond acceptors (Lipinski definition) is 2. The van der Waals surface area contributed by atoms with Crippen LogP contribution in [0.1, 0.15) is 33.4 Å². The molecule has 0 saturated heterocycles. The molecular weight excluding hydrogens is 200 g/mol. The highest BCUT2D eigenvalue weighted by Crippen LogP contribution is 2.10. The topological polar surface area (TPSA) is 48.0 Å². The molecule has 0 unspecified atom stereocenters. The van der Waals surface area contributed by atoms with E-state index >= 15 is 0 Å². The van der Waals surface area contributed by atoms with Gasteiger partial charge in [0.05, 0.1) is 5.69 Å². The van der Waals surface area contributed by atoms with Gasteiger partial charge in [0.25, 0.3) is 5.56 Å². The van der Waals surface area contributed by atoms with Crippen LogP contribution < -0.4 is 11.3 Å². The van der Waals surface area contributed by atoms with Crippen molar-refractivity contribution >= 4 is 5.69 Å². The van der Waals surface area contributed by atoms with Crippen molar-refractivity contribution in [1.82, 2.24) is 4.57 Å². The molecular formula is C13H22N2O. The maximum absolute atomic E-state index is 11.9. The van der Waals surface area contributed by atoms with E-state index in [1.54, 1.807) is 6.07 Å². The summed E-state index contributed by atoms with van der Waals surface area (Å²) in [7, 11) is 0. The molecule has 0 fully saturated rings. The van der Waals surface area contributed by atoms with Gasteiger partial charge in [-0.1, -0.05) is 27.7 Å². The van der Waals surface area contributed by atoms with Crippen LogP contribution in [0.3, 0.4) is 0 Å². The minimum Gasteiger partial charge on any atom is -0.394 e. The summed E-state index contributed by atoms with van der Waals surface area (Å²) < 4.78 is 1.82.